The van der Waals surface area contributed by atoms with Crippen molar-refractivity contribution in [3.63, 3.8) is 0 Å². The van der Waals surface area contributed by atoms with Gasteiger partial charge in [0.25, 0.3) is 0 Å². The van der Waals surface area contributed by atoms with Gasteiger partial charge in [-0.05, 0) is 47.9 Å². The lowest BCUT2D eigenvalue weighted by Gasteiger charge is -2.15. The van der Waals surface area contributed by atoms with Crippen LogP contribution in [0.3, 0.4) is 0 Å². The quantitative estimate of drug-likeness (QED) is 0.820. The largest absolute Gasteiger partial charge is 0.330 e. The van der Waals surface area contributed by atoms with Crippen LogP contribution in [0, 0.1) is 0 Å². The molecule has 2 N–H and O–H groups in total. The van der Waals surface area contributed by atoms with Crippen LogP contribution in [0.1, 0.15) is 48.8 Å². The molecule has 20 heavy (non-hydrogen) atoms. The average molecular weight is 267 g/mol. The zero-order valence-electron chi connectivity index (χ0n) is 12.5. The van der Waals surface area contributed by atoms with E-state index in [2.05, 4.69) is 68.4 Å². The highest BCUT2D eigenvalue weighted by atomic mass is 14.5. The van der Waals surface area contributed by atoms with Crippen molar-refractivity contribution in [3.8, 4) is 0 Å². The van der Waals surface area contributed by atoms with E-state index in [-0.39, 0.29) is 0 Å². The summed E-state index contributed by atoms with van der Waals surface area (Å²) < 4.78 is 0. The third kappa shape index (κ3) is 3.94. The molecule has 1 unspecified atom stereocenters. The normalized spacial score (nSPS) is 12.6. The van der Waals surface area contributed by atoms with Crippen LogP contribution in [-0.2, 0) is 6.42 Å². The van der Waals surface area contributed by atoms with E-state index in [1.165, 1.54) is 16.7 Å². The van der Waals surface area contributed by atoms with E-state index in [0.29, 0.717) is 18.4 Å². The fourth-order valence-corrected chi connectivity index (χ4v) is 2.56. The zero-order valence-corrected chi connectivity index (χ0v) is 12.5. The van der Waals surface area contributed by atoms with Crippen molar-refractivity contribution in [2.24, 2.45) is 5.73 Å². The lowest BCUT2D eigenvalue weighted by Crippen LogP contribution is -2.13. The molecule has 2 aromatic rings. The van der Waals surface area contributed by atoms with Crippen molar-refractivity contribution in [3.05, 3.63) is 71.3 Å². The minimum Gasteiger partial charge on any atom is -0.330 e. The molecular weight excluding hydrogens is 242 g/mol. The number of rotatable bonds is 6. The molecule has 0 radical (unpaired) electrons. The van der Waals surface area contributed by atoms with E-state index < -0.39 is 0 Å². The van der Waals surface area contributed by atoms with Crippen LogP contribution in [0.15, 0.2) is 54.6 Å². The molecule has 0 fully saturated rings. The molecule has 2 aromatic carbocycles. The van der Waals surface area contributed by atoms with Crippen LogP contribution in [-0.4, -0.2) is 6.54 Å². The number of aryl methyl sites for hydroxylation is 1. The Bertz CT molecular complexity index is 499. The van der Waals surface area contributed by atoms with Crippen molar-refractivity contribution in [1.29, 1.82) is 0 Å². The van der Waals surface area contributed by atoms with Gasteiger partial charge in [-0.2, -0.15) is 0 Å². The molecule has 1 nitrogen and oxygen atoms in total. The van der Waals surface area contributed by atoms with E-state index in [9.17, 15) is 0 Å². The number of nitrogens with two attached hydrogens (primary N) is 1. The molecule has 1 atom stereocenters. The molecule has 0 aliphatic heterocycles. The van der Waals surface area contributed by atoms with E-state index in [0.717, 1.165) is 12.8 Å². The third-order valence-corrected chi connectivity index (χ3v) is 3.98. The second kappa shape index (κ2) is 7.25. The molecule has 0 aliphatic carbocycles. The predicted octanol–water partition coefficient (Wildman–Crippen LogP) is 4.49. The second-order valence-corrected chi connectivity index (χ2v) is 5.78. The Morgan fingerprint density at radius 1 is 0.850 bits per heavy atom. The fraction of sp³-hybridized carbons (Fsp3) is 0.368. The highest BCUT2D eigenvalue weighted by Gasteiger charge is 2.09. The molecule has 106 valence electrons. The Morgan fingerprint density at radius 3 is 2.05 bits per heavy atom. The van der Waals surface area contributed by atoms with Crippen LogP contribution in [0.2, 0.25) is 0 Å². The predicted molar refractivity (Wildman–Crippen MR) is 87.1 cm³/mol. The monoisotopic (exact) mass is 267 g/mol. The zero-order chi connectivity index (χ0) is 14.4. The van der Waals surface area contributed by atoms with Crippen LogP contribution >= 0.6 is 0 Å². The Labute approximate surface area is 122 Å². The average Bonchev–Trinajstić information content (AvgIpc) is 2.49. The molecule has 0 aliphatic rings. The van der Waals surface area contributed by atoms with Crippen molar-refractivity contribution in [2.45, 2.75) is 38.5 Å². The summed E-state index contributed by atoms with van der Waals surface area (Å²) in [6.45, 7) is 5.18. The molecule has 0 amide bonds. The van der Waals surface area contributed by atoms with Crippen molar-refractivity contribution in [1.82, 2.24) is 0 Å². The second-order valence-electron chi connectivity index (χ2n) is 5.78. The summed E-state index contributed by atoms with van der Waals surface area (Å²) in [5, 5.41) is 0. The first-order chi connectivity index (χ1) is 9.70. The first-order valence-corrected chi connectivity index (χ1v) is 7.54. The smallest absolute Gasteiger partial charge is 0.000812 e. The lowest BCUT2D eigenvalue weighted by atomic mass is 9.92. The van der Waals surface area contributed by atoms with Crippen molar-refractivity contribution >= 4 is 0 Å². The lowest BCUT2D eigenvalue weighted by molar-refractivity contribution is 0.633. The van der Waals surface area contributed by atoms with Gasteiger partial charge in [-0.15, -0.1) is 0 Å². The summed E-state index contributed by atoms with van der Waals surface area (Å²) in [5.74, 6) is 1.06. The SMILES string of the molecule is CC(C)c1ccc(CCC(CN)c2ccccc2)cc1. The Hall–Kier alpha value is -1.60. The van der Waals surface area contributed by atoms with Gasteiger partial charge >= 0.3 is 0 Å². The molecule has 0 spiro atoms. The molecule has 1 heteroatoms. The summed E-state index contributed by atoms with van der Waals surface area (Å²) in [7, 11) is 0. The van der Waals surface area contributed by atoms with Crippen LogP contribution < -0.4 is 5.73 Å². The van der Waals surface area contributed by atoms with Crippen LogP contribution in [0.25, 0.3) is 0 Å². The highest BCUT2D eigenvalue weighted by Crippen LogP contribution is 2.21. The maximum absolute atomic E-state index is 5.93. The third-order valence-electron chi connectivity index (χ3n) is 3.98. The molecule has 0 bridgehead atoms. The Kier molecular flexibility index (Phi) is 5.37. The van der Waals surface area contributed by atoms with Gasteiger partial charge in [-0.25, -0.2) is 0 Å². The van der Waals surface area contributed by atoms with Gasteiger partial charge in [-0.1, -0.05) is 68.4 Å². The first kappa shape index (κ1) is 14.8. The summed E-state index contributed by atoms with van der Waals surface area (Å²) in [5.41, 5.74) is 10.1. The van der Waals surface area contributed by atoms with Crippen LogP contribution in [0.5, 0.6) is 0 Å². The summed E-state index contributed by atoms with van der Waals surface area (Å²) in [6, 6.07) is 19.6. The minimum atomic E-state index is 0.459. The molecular formula is C19H25N. The summed E-state index contributed by atoms with van der Waals surface area (Å²) in [4.78, 5) is 0. The standard InChI is InChI=1S/C19H25N/c1-15(2)17-11-8-16(9-12-17)10-13-19(14-20)18-6-4-3-5-7-18/h3-9,11-12,15,19H,10,13-14,20H2,1-2H3. The number of benzene rings is 2. The molecule has 0 saturated carbocycles. The fourth-order valence-electron chi connectivity index (χ4n) is 2.56. The van der Waals surface area contributed by atoms with E-state index >= 15 is 0 Å². The number of hydrogen-bond donors (Lipinski definition) is 1. The Morgan fingerprint density at radius 2 is 1.50 bits per heavy atom. The van der Waals surface area contributed by atoms with Gasteiger partial charge in [0.15, 0.2) is 0 Å². The molecule has 2 rings (SSSR count). The van der Waals surface area contributed by atoms with E-state index in [1.54, 1.807) is 0 Å². The number of hydrogen-bond acceptors (Lipinski definition) is 1. The topological polar surface area (TPSA) is 26.0 Å². The Balaban J connectivity index is 1.96. The maximum Gasteiger partial charge on any atom is -0.000812 e. The van der Waals surface area contributed by atoms with Gasteiger partial charge < -0.3 is 5.73 Å². The minimum absolute atomic E-state index is 0.459. The first-order valence-electron chi connectivity index (χ1n) is 7.54. The van der Waals surface area contributed by atoms with Gasteiger partial charge in [0.05, 0.1) is 0 Å². The van der Waals surface area contributed by atoms with Gasteiger partial charge in [0.1, 0.15) is 0 Å². The van der Waals surface area contributed by atoms with Gasteiger partial charge in [0.2, 0.25) is 0 Å². The van der Waals surface area contributed by atoms with E-state index in [1.807, 2.05) is 0 Å². The van der Waals surface area contributed by atoms with Crippen molar-refractivity contribution < 1.29 is 0 Å². The molecule has 0 heterocycles. The summed E-state index contributed by atoms with van der Waals surface area (Å²) in [6.07, 6.45) is 2.21. The van der Waals surface area contributed by atoms with Gasteiger partial charge in [-0.3, -0.25) is 0 Å². The molecule has 0 aromatic heterocycles. The summed E-state index contributed by atoms with van der Waals surface area (Å²) >= 11 is 0. The van der Waals surface area contributed by atoms with E-state index in [4.69, 9.17) is 5.73 Å². The maximum atomic E-state index is 5.93. The molecule has 0 saturated heterocycles. The van der Waals surface area contributed by atoms with Crippen molar-refractivity contribution in [2.75, 3.05) is 6.54 Å². The van der Waals surface area contributed by atoms with Gasteiger partial charge in [0, 0.05) is 0 Å². The highest BCUT2D eigenvalue weighted by molar-refractivity contribution is 5.26. The van der Waals surface area contributed by atoms with Crippen LogP contribution in [0.4, 0.5) is 0 Å².